The molecule has 0 saturated heterocycles. The van der Waals surface area contributed by atoms with Crippen LogP contribution in [0.3, 0.4) is 0 Å². The molecule has 2 N–H and O–H groups in total. The molecule has 0 spiro atoms. The van der Waals surface area contributed by atoms with Gasteiger partial charge in [-0.25, -0.2) is 0 Å². The lowest BCUT2D eigenvalue weighted by Crippen LogP contribution is -1.99. The van der Waals surface area contributed by atoms with Crippen molar-refractivity contribution in [2.45, 2.75) is 6.54 Å². The Balaban J connectivity index is 1.99. The number of phenolic OH excluding ortho intramolecular Hbond substituents is 1. The van der Waals surface area contributed by atoms with Gasteiger partial charge in [0, 0.05) is 25.0 Å². The molecule has 0 aliphatic heterocycles. The van der Waals surface area contributed by atoms with E-state index in [1.807, 2.05) is 19.3 Å². The third-order valence-corrected chi connectivity index (χ3v) is 1.97. The summed E-state index contributed by atoms with van der Waals surface area (Å²) in [4.78, 5) is 0. The first-order valence-electron chi connectivity index (χ1n) is 4.62. The average molecular weight is 204 g/mol. The first-order valence-corrected chi connectivity index (χ1v) is 4.62. The van der Waals surface area contributed by atoms with E-state index < -0.39 is 0 Å². The summed E-state index contributed by atoms with van der Waals surface area (Å²) in [6.45, 7) is 0.595. The van der Waals surface area contributed by atoms with Crippen LogP contribution in [0.5, 0.6) is 5.75 Å². The van der Waals surface area contributed by atoms with E-state index in [-0.39, 0.29) is 5.75 Å². The highest BCUT2D eigenvalue weighted by Crippen LogP contribution is 2.15. The molecule has 0 aliphatic rings. The third kappa shape index (κ3) is 2.46. The fourth-order valence-corrected chi connectivity index (χ4v) is 1.28. The van der Waals surface area contributed by atoms with Gasteiger partial charge in [0.2, 0.25) is 0 Å². The number of hydrogen-bond donors (Lipinski definition) is 2. The topological polar surface area (TPSA) is 63.0 Å². The maximum atomic E-state index is 9.24. The van der Waals surface area contributed by atoms with E-state index in [1.165, 1.54) is 0 Å². The number of benzene rings is 1. The molecule has 5 nitrogen and oxygen atoms in total. The molecule has 1 aromatic heterocycles. The highest BCUT2D eigenvalue weighted by molar-refractivity contribution is 5.47. The molecule has 1 aromatic carbocycles. The van der Waals surface area contributed by atoms with E-state index in [4.69, 9.17) is 0 Å². The quantitative estimate of drug-likeness (QED) is 0.786. The summed E-state index contributed by atoms with van der Waals surface area (Å²) >= 11 is 0. The molecular weight excluding hydrogens is 192 g/mol. The Labute approximate surface area is 87.4 Å². The Kier molecular flexibility index (Phi) is 2.53. The second-order valence-electron chi connectivity index (χ2n) is 3.29. The molecule has 2 aromatic rings. The van der Waals surface area contributed by atoms with Gasteiger partial charge >= 0.3 is 0 Å². The molecule has 0 saturated carbocycles. The van der Waals surface area contributed by atoms with E-state index in [0.29, 0.717) is 6.54 Å². The van der Waals surface area contributed by atoms with Gasteiger partial charge < -0.3 is 10.4 Å². The zero-order valence-electron chi connectivity index (χ0n) is 8.38. The molecule has 1 heterocycles. The minimum absolute atomic E-state index is 0.249. The van der Waals surface area contributed by atoms with Gasteiger partial charge in [-0.2, -0.15) is 0 Å². The summed E-state index contributed by atoms with van der Waals surface area (Å²) in [5.74, 6) is 0.249. The van der Waals surface area contributed by atoms with E-state index in [2.05, 4.69) is 15.6 Å². The Hall–Kier alpha value is -2.04. The molecule has 2 rings (SSSR count). The van der Waals surface area contributed by atoms with Crippen molar-refractivity contribution in [2.24, 2.45) is 7.05 Å². The summed E-state index contributed by atoms with van der Waals surface area (Å²) in [7, 11) is 1.82. The van der Waals surface area contributed by atoms with Crippen molar-refractivity contribution in [1.29, 1.82) is 0 Å². The van der Waals surface area contributed by atoms with Gasteiger partial charge in [0.15, 0.2) is 0 Å². The lowest BCUT2D eigenvalue weighted by atomic mass is 10.3. The number of nitrogens with one attached hydrogen (secondary N) is 1. The molecule has 15 heavy (non-hydrogen) atoms. The van der Waals surface area contributed by atoms with Crippen molar-refractivity contribution in [3.8, 4) is 5.75 Å². The number of hydrogen-bond acceptors (Lipinski definition) is 4. The van der Waals surface area contributed by atoms with Gasteiger partial charge in [-0.05, 0) is 12.1 Å². The van der Waals surface area contributed by atoms with Gasteiger partial charge in [0.05, 0.1) is 6.54 Å². The number of phenols is 1. The normalized spacial score (nSPS) is 10.2. The van der Waals surface area contributed by atoms with Crippen LogP contribution in [0.1, 0.15) is 5.69 Å². The molecule has 0 fully saturated rings. The minimum Gasteiger partial charge on any atom is -0.508 e. The summed E-state index contributed by atoms with van der Waals surface area (Å²) in [5, 5.41) is 20.1. The van der Waals surface area contributed by atoms with Crippen molar-refractivity contribution in [1.82, 2.24) is 15.0 Å². The second kappa shape index (κ2) is 4.00. The van der Waals surface area contributed by atoms with Gasteiger partial charge in [-0.1, -0.05) is 11.3 Å². The number of nitrogens with zero attached hydrogens (tertiary/aromatic N) is 3. The van der Waals surface area contributed by atoms with Crippen LogP contribution in [-0.2, 0) is 13.6 Å². The Morgan fingerprint density at radius 3 is 3.00 bits per heavy atom. The van der Waals surface area contributed by atoms with E-state index >= 15 is 0 Å². The third-order valence-electron chi connectivity index (χ3n) is 1.97. The van der Waals surface area contributed by atoms with Crippen LogP contribution in [0.4, 0.5) is 5.69 Å². The van der Waals surface area contributed by atoms with Gasteiger partial charge in [-0.3, -0.25) is 4.68 Å². The monoisotopic (exact) mass is 204 g/mol. The Morgan fingerprint density at radius 1 is 1.47 bits per heavy atom. The largest absolute Gasteiger partial charge is 0.508 e. The maximum Gasteiger partial charge on any atom is 0.117 e. The SMILES string of the molecule is Cn1cc(CNc2cccc(O)c2)nn1. The van der Waals surface area contributed by atoms with Crippen LogP contribution in [-0.4, -0.2) is 20.1 Å². The molecule has 0 bridgehead atoms. The molecule has 0 unspecified atom stereocenters. The summed E-state index contributed by atoms with van der Waals surface area (Å²) in [5.41, 5.74) is 1.72. The zero-order valence-corrected chi connectivity index (χ0v) is 8.38. The first-order chi connectivity index (χ1) is 7.24. The van der Waals surface area contributed by atoms with Crippen molar-refractivity contribution in [3.63, 3.8) is 0 Å². The Bertz CT molecular complexity index is 452. The van der Waals surface area contributed by atoms with Crippen LogP contribution in [0.25, 0.3) is 0 Å². The van der Waals surface area contributed by atoms with Crippen LogP contribution in [0.2, 0.25) is 0 Å². The summed E-state index contributed by atoms with van der Waals surface area (Å²) < 4.78 is 1.65. The minimum atomic E-state index is 0.249. The number of anilines is 1. The fraction of sp³-hybridized carbons (Fsp3) is 0.200. The number of aryl methyl sites for hydroxylation is 1. The van der Waals surface area contributed by atoms with Crippen LogP contribution >= 0.6 is 0 Å². The molecule has 0 atom stereocenters. The molecular formula is C10H12N4O. The predicted octanol–water partition coefficient (Wildman–Crippen LogP) is 1.13. The average Bonchev–Trinajstić information content (AvgIpc) is 2.62. The number of rotatable bonds is 3. The fourth-order valence-electron chi connectivity index (χ4n) is 1.28. The standard InChI is InChI=1S/C10H12N4O/c1-14-7-9(12-13-14)6-11-8-3-2-4-10(15)5-8/h2-5,7,11,15H,6H2,1H3. The lowest BCUT2D eigenvalue weighted by molar-refractivity contribution is 0.475. The molecule has 0 amide bonds. The smallest absolute Gasteiger partial charge is 0.117 e. The lowest BCUT2D eigenvalue weighted by Gasteiger charge is -2.03. The zero-order chi connectivity index (χ0) is 10.7. The summed E-state index contributed by atoms with van der Waals surface area (Å²) in [6, 6.07) is 6.97. The van der Waals surface area contributed by atoms with Crippen LogP contribution < -0.4 is 5.32 Å². The predicted molar refractivity (Wildman–Crippen MR) is 56.4 cm³/mol. The Morgan fingerprint density at radius 2 is 2.33 bits per heavy atom. The van der Waals surface area contributed by atoms with Crippen molar-refractivity contribution >= 4 is 5.69 Å². The molecule has 5 heteroatoms. The van der Waals surface area contributed by atoms with Crippen LogP contribution in [0, 0.1) is 0 Å². The van der Waals surface area contributed by atoms with Gasteiger partial charge in [0.1, 0.15) is 11.4 Å². The highest BCUT2D eigenvalue weighted by Gasteiger charge is 1.98. The second-order valence-corrected chi connectivity index (χ2v) is 3.29. The maximum absolute atomic E-state index is 9.24. The van der Waals surface area contributed by atoms with Gasteiger partial charge in [0.25, 0.3) is 0 Å². The molecule has 0 aliphatic carbocycles. The number of aromatic nitrogens is 3. The van der Waals surface area contributed by atoms with Gasteiger partial charge in [-0.15, -0.1) is 5.10 Å². The highest BCUT2D eigenvalue weighted by atomic mass is 16.3. The number of aromatic hydroxyl groups is 1. The first kappa shape index (κ1) is 9.51. The summed E-state index contributed by atoms with van der Waals surface area (Å²) in [6.07, 6.45) is 1.84. The van der Waals surface area contributed by atoms with Crippen molar-refractivity contribution < 1.29 is 5.11 Å². The molecule has 0 radical (unpaired) electrons. The van der Waals surface area contributed by atoms with E-state index in [0.717, 1.165) is 11.4 Å². The van der Waals surface area contributed by atoms with Crippen LogP contribution in [0.15, 0.2) is 30.5 Å². The molecule has 78 valence electrons. The van der Waals surface area contributed by atoms with Crippen molar-refractivity contribution in [2.75, 3.05) is 5.32 Å². The van der Waals surface area contributed by atoms with E-state index in [1.54, 1.807) is 22.9 Å². The van der Waals surface area contributed by atoms with E-state index in [9.17, 15) is 5.11 Å². The van der Waals surface area contributed by atoms with Crippen molar-refractivity contribution in [3.05, 3.63) is 36.2 Å².